The zero-order valence-electron chi connectivity index (χ0n) is 16.1. The van der Waals surface area contributed by atoms with Gasteiger partial charge in [-0.3, -0.25) is 0 Å². The van der Waals surface area contributed by atoms with E-state index in [0.717, 1.165) is 44.3 Å². The van der Waals surface area contributed by atoms with Crippen molar-refractivity contribution in [1.29, 1.82) is 5.26 Å². The van der Waals surface area contributed by atoms with Crippen LogP contribution in [0.5, 0.6) is 5.75 Å². The minimum atomic E-state index is -1.17. The van der Waals surface area contributed by atoms with Gasteiger partial charge in [0.1, 0.15) is 12.7 Å². The summed E-state index contributed by atoms with van der Waals surface area (Å²) in [5.41, 5.74) is 1.85. The van der Waals surface area contributed by atoms with E-state index in [9.17, 15) is 8.78 Å². The van der Waals surface area contributed by atoms with Gasteiger partial charge >= 0.3 is 0 Å². The van der Waals surface area contributed by atoms with Gasteiger partial charge in [0.25, 0.3) is 0 Å². The Hall–Kier alpha value is -2.45. The summed E-state index contributed by atoms with van der Waals surface area (Å²) < 4.78 is 38.8. The molecule has 0 aliphatic heterocycles. The van der Waals surface area contributed by atoms with Gasteiger partial charge in [0.15, 0.2) is 11.6 Å². The number of rotatable bonds is 7. The summed E-state index contributed by atoms with van der Waals surface area (Å²) in [5, 5.41) is 8.72. The fourth-order valence-electron chi connectivity index (χ4n) is 3.62. The molecule has 3 nitrogen and oxygen atoms in total. The molecule has 0 heterocycles. The van der Waals surface area contributed by atoms with E-state index < -0.39 is 11.6 Å². The second-order valence-corrected chi connectivity index (χ2v) is 7.23. The minimum Gasteiger partial charge on any atom is -0.486 e. The van der Waals surface area contributed by atoms with Crippen LogP contribution < -0.4 is 4.74 Å². The number of nitrogens with zero attached hydrogens (tertiary/aromatic N) is 1. The molecule has 2 aromatic rings. The van der Waals surface area contributed by atoms with Gasteiger partial charge in [0, 0.05) is 6.61 Å². The van der Waals surface area contributed by atoms with E-state index in [-0.39, 0.29) is 17.9 Å². The van der Waals surface area contributed by atoms with Gasteiger partial charge in [0.2, 0.25) is 5.82 Å². The smallest absolute Gasteiger partial charge is 0.202 e. The van der Waals surface area contributed by atoms with Crippen LogP contribution in [0.2, 0.25) is 0 Å². The van der Waals surface area contributed by atoms with Crippen LogP contribution in [0.4, 0.5) is 8.78 Å². The first kappa shape index (κ1) is 20.3. The Morgan fingerprint density at radius 3 is 2.36 bits per heavy atom. The summed E-state index contributed by atoms with van der Waals surface area (Å²) in [6.45, 7) is 3.11. The quantitative estimate of drug-likeness (QED) is 0.599. The first-order valence-electron chi connectivity index (χ1n) is 9.83. The third kappa shape index (κ3) is 4.88. The summed E-state index contributed by atoms with van der Waals surface area (Å²) in [6, 6.07) is 12.2. The van der Waals surface area contributed by atoms with Gasteiger partial charge in [-0.05, 0) is 61.3 Å². The van der Waals surface area contributed by atoms with E-state index in [4.69, 9.17) is 14.7 Å². The Bertz CT molecular complexity index is 822. The van der Waals surface area contributed by atoms with E-state index in [1.807, 2.05) is 12.1 Å². The molecule has 1 fully saturated rings. The summed E-state index contributed by atoms with van der Waals surface area (Å²) in [6.07, 6.45) is 5.90. The van der Waals surface area contributed by atoms with Crippen LogP contribution >= 0.6 is 0 Å². The molecule has 1 aliphatic carbocycles. The summed E-state index contributed by atoms with van der Waals surface area (Å²) in [7, 11) is 0. The Kier molecular flexibility index (Phi) is 7.00. The molecule has 0 N–H and O–H groups in total. The van der Waals surface area contributed by atoms with E-state index in [2.05, 4.69) is 19.1 Å². The van der Waals surface area contributed by atoms with Gasteiger partial charge in [-0.2, -0.15) is 9.65 Å². The molecule has 0 amide bonds. The Morgan fingerprint density at radius 2 is 1.71 bits per heavy atom. The fourth-order valence-corrected chi connectivity index (χ4v) is 3.62. The van der Waals surface area contributed by atoms with E-state index in [1.165, 1.54) is 17.7 Å². The minimum absolute atomic E-state index is 0.139. The Balaban J connectivity index is 1.54. The van der Waals surface area contributed by atoms with Crippen molar-refractivity contribution in [3.8, 4) is 11.8 Å². The molecule has 0 saturated heterocycles. The molecule has 5 heteroatoms. The number of ether oxygens (including phenoxy) is 2. The summed E-state index contributed by atoms with van der Waals surface area (Å²) >= 11 is 0. The molecule has 1 aliphatic rings. The predicted octanol–water partition coefficient (Wildman–Crippen LogP) is 5.87. The van der Waals surface area contributed by atoms with Crippen molar-refractivity contribution < 1.29 is 18.3 Å². The maximum atomic E-state index is 13.9. The first-order chi connectivity index (χ1) is 13.6. The molecule has 0 atom stereocenters. The molecule has 0 aromatic heterocycles. The van der Waals surface area contributed by atoms with Gasteiger partial charge in [-0.25, -0.2) is 4.39 Å². The Labute approximate surface area is 164 Å². The van der Waals surface area contributed by atoms with Crippen LogP contribution in [0.3, 0.4) is 0 Å². The van der Waals surface area contributed by atoms with Crippen LogP contribution in [-0.2, 0) is 11.3 Å². The summed E-state index contributed by atoms with van der Waals surface area (Å²) in [4.78, 5) is 0. The van der Waals surface area contributed by atoms with Crippen LogP contribution in [0, 0.1) is 23.0 Å². The molecule has 28 heavy (non-hydrogen) atoms. The second-order valence-electron chi connectivity index (χ2n) is 7.23. The normalized spacial score (nSPS) is 19.2. The summed E-state index contributed by atoms with van der Waals surface area (Å²) in [5.74, 6) is -1.95. The van der Waals surface area contributed by atoms with Gasteiger partial charge < -0.3 is 9.47 Å². The highest BCUT2D eigenvalue weighted by Gasteiger charge is 2.22. The van der Waals surface area contributed by atoms with Crippen LogP contribution in [-0.4, -0.2) is 12.7 Å². The van der Waals surface area contributed by atoms with Crippen LogP contribution in [0.15, 0.2) is 36.4 Å². The molecule has 2 aromatic carbocycles. The highest BCUT2D eigenvalue weighted by atomic mass is 19.2. The lowest BCUT2D eigenvalue weighted by Crippen LogP contribution is -2.21. The van der Waals surface area contributed by atoms with E-state index >= 15 is 0 Å². The van der Waals surface area contributed by atoms with Crippen molar-refractivity contribution in [2.24, 2.45) is 0 Å². The topological polar surface area (TPSA) is 42.2 Å². The molecule has 0 spiro atoms. The SMILES string of the molecule is CCCO[C@H]1CC[C@H](c2ccc(COc3ccc(C#N)c(F)c3F)cc2)CC1. The molecule has 1 saturated carbocycles. The number of halogens is 2. The lowest BCUT2D eigenvalue weighted by molar-refractivity contribution is 0.0251. The zero-order chi connectivity index (χ0) is 19.9. The molecule has 0 bridgehead atoms. The third-order valence-corrected chi connectivity index (χ3v) is 5.24. The average molecular weight is 385 g/mol. The van der Waals surface area contributed by atoms with Gasteiger partial charge in [0.05, 0.1) is 11.7 Å². The largest absolute Gasteiger partial charge is 0.486 e. The monoisotopic (exact) mass is 385 g/mol. The zero-order valence-corrected chi connectivity index (χ0v) is 16.1. The number of hydrogen-bond acceptors (Lipinski definition) is 3. The number of benzene rings is 2. The number of nitriles is 1. The third-order valence-electron chi connectivity index (χ3n) is 5.24. The van der Waals surface area contributed by atoms with Crippen molar-refractivity contribution in [1.82, 2.24) is 0 Å². The van der Waals surface area contributed by atoms with Gasteiger partial charge in [-0.15, -0.1) is 0 Å². The highest BCUT2D eigenvalue weighted by molar-refractivity contribution is 5.38. The number of hydrogen-bond donors (Lipinski definition) is 0. The fraction of sp³-hybridized carbons (Fsp3) is 0.435. The lowest BCUT2D eigenvalue weighted by Gasteiger charge is -2.29. The lowest BCUT2D eigenvalue weighted by atomic mass is 9.82. The second kappa shape index (κ2) is 9.66. The Morgan fingerprint density at radius 1 is 1.00 bits per heavy atom. The van der Waals surface area contributed by atoms with Crippen molar-refractivity contribution in [3.63, 3.8) is 0 Å². The highest BCUT2D eigenvalue weighted by Crippen LogP contribution is 2.34. The molecular weight excluding hydrogens is 360 g/mol. The molecule has 148 valence electrons. The standard InChI is InChI=1S/C23H25F2NO2/c1-2-13-27-20-10-7-18(8-11-20)17-5-3-16(4-6-17)15-28-21-12-9-19(14-26)22(24)23(21)25/h3-6,9,12,18,20H,2,7-8,10-11,13,15H2,1H3/t18-,20-. The van der Waals surface area contributed by atoms with Crippen LogP contribution in [0.1, 0.15) is 61.6 Å². The van der Waals surface area contributed by atoms with Gasteiger partial charge in [-0.1, -0.05) is 31.2 Å². The van der Waals surface area contributed by atoms with E-state index in [1.54, 1.807) is 6.07 Å². The maximum Gasteiger partial charge on any atom is 0.202 e. The van der Waals surface area contributed by atoms with Crippen molar-refractivity contribution >= 4 is 0 Å². The molecule has 0 radical (unpaired) electrons. The first-order valence-corrected chi connectivity index (χ1v) is 9.83. The average Bonchev–Trinajstić information content (AvgIpc) is 2.74. The predicted molar refractivity (Wildman–Crippen MR) is 103 cm³/mol. The molecular formula is C23H25F2NO2. The molecule has 3 rings (SSSR count). The van der Waals surface area contributed by atoms with Crippen LogP contribution in [0.25, 0.3) is 0 Å². The maximum absolute atomic E-state index is 13.9. The van der Waals surface area contributed by atoms with Crippen molar-refractivity contribution in [3.05, 3.63) is 64.7 Å². The van der Waals surface area contributed by atoms with Crippen molar-refractivity contribution in [2.45, 2.75) is 57.7 Å². The molecule has 0 unspecified atom stereocenters. The van der Waals surface area contributed by atoms with E-state index in [0.29, 0.717) is 12.0 Å². The van der Waals surface area contributed by atoms with Crippen molar-refractivity contribution in [2.75, 3.05) is 6.61 Å².